The van der Waals surface area contributed by atoms with Crippen LogP contribution in [0, 0.1) is 0 Å². The zero-order valence-electron chi connectivity index (χ0n) is 34.6. The van der Waals surface area contributed by atoms with Crippen LogP contribution in [0.5, 0.6) is 0 Å². The highest BCUT2D eigenvalue weighted by molar-refractivity contribution is 5.71. The Labute approximate surface area is 322 Å². The SMILES string of the molecule is CCCC/C=C\CCCCCCC(=O)OC(COC(=O)CCCCC/C=C\CCCCCCCCC)COC(=O)CCCCCCCCCCCC. The van der Waals surface area contributed by atoms with Crippen molar-refractivity contribution < 1.29 is 28.6 Å². The molecule has 6 heteroatoms. The van der Waals surface area contributed by atoms with Gasteiger partial charge in [-0.25, -0.2) is 0 Å². The topological polar surface area (TPSA) is 78.9 Å². The molecule has 1 unspecified atom stereocenters. The summed E-state index contributed by atoms with van der Waals surface area (Å²) in [5.41, 5.74) is 0. The molecule has 0 aliphatic rings. The quantitative estimate of drug-likeness (QED) is 0.0270. The molecule has 0 bridgehead atoms. The van der Waals surface area contributed by atoms with E-state index >= 15 is 0 Å². The van der Waals surface area contributed by atoms with E-state index in [4.69, 9.17) is 14.2 Å². The van der Waals surface area contributed by atoms with Gasteiger partial charge in [-0.15, -0.1) is 0 Å². The van der Waals surface area contributed by atoms with Crippen molar-refractivity contribution in [1.29, 1.82) is 0 Å². The summed E-state index contributed by atoms with van der Waals surface area (Å²) in [6.45, 7) is 6.55. The molecular weight excluding hydrogens is 649 g/mol. The van der Waals surface area contributed by atoms with Crippen molar-refractivity contribution in [2.75, 3.05) is 13.2 Å². The molecule has 0 aliphatic carbocycles. The Kier molecular flexibility index (Phi) is 40.0. The van der Waals surface area contributed by atoms with E-state index in [1.807, 2.05) is 0 Å². The van der Waals surface area contributed by atoms with Gasteiger partial charge in [0.15, 0.2) is 6.10 Å². The number of hydrogen-bond donors (Lipinski definition) is 0. The van der Waals surface area contributed by atoms with Gasteiger partial charge in [0, 0.05) is 19.3 Å². The third-order valence-electron chi connectivity index (χ3n) is 9.68. The molecule has 0 fully saturated rings. The first kappa shape index (κ1) is 49.9. The summed E-state index contributed by atoms with van der Waals surface area (Å²) in [4.78, 5) is 37.6. The minimum Gasteiger partial charge on any atom is -0.462 e. The van der Waals surface area contributed by atoms with E-state index < -0.39 is 6.10 Å². The molecule has 0 aromatic carbocycles. The van der Waals surface area contributed by atoms with Crippen LogP contribution in [0.25, 0.3) is 0 Å². The molecule has 6 nitrogen and oxygen atoms in total. The Morgan fingerprint density at radius 1 is 0.365 bits per heavy atom. The number of carbonyl (C=O) groups excluding carboxylic acids is 3. The number of ether oxygens (including phenoxy) is 3. The predicted molar refractivity (Wildman–Crippen MR) is 219 cm³/mol. The number of esters is 3. The summed E-state index contributed by atoms with van der Waals surface area (Å²) in [6, 6.07) is 0. The maximum Gasteiger partial charge on any atom is 0.306 e. The molecule has 1 atom stereocenters. The first-order valence-corrected chi connectivity index (χ1v) is 22.3. The van der Waals surface area contributed by atoms with Gasteiger partial charge in [0.2, 0.25) is 0 Å². The first-order valence-electron chi connectivity index (χ1n) is 22.3. The molecular formula is C46H84O6. The zero-order valence-corrected chi connectivity index (χ0v) is 34.6. The second-order valence-corrected chi connectivity index (χ2v) is 15.0. The van der Waals surface area contributed by atoms with E-state index in [1.165, 1.54) is 103 Å². The fourth-order valence-corrected chi connectivity index (χ4v) is 6.24. The second-order valence-electron chi connectivity index (χ2n) is 15.0. The molecule has 0 aromatic rings. The molecule has 0 saturated heterocycles. The highest BCUT2D eigenvalue weighted by atomic mass is 16.6. The molecule has 0 N–H and O–H groups in total. The third-order valence-corrected chi connectivity index (χ3v) is 9.68. The van der Waals surface area contributed by atoms with Crippen LogP contribution in [0.4, 0.5) is 0 Å². The standard InChI is InChI=1S/C46H84O6/c1-4-7-10-13-16-19-22-23-24-25-28-30-33-36-39-45(48)51-42-43(52-46(49)40-37-34-31-27-21-18-15-12-9-6-3)41-50-44(47)38-35-32-29-26-20-17-14-11-8-5-2/h15,18,24-25,43H,4-14,16-17,19-23,26-42H2,1-3H3/b18-15-,25-24-. The summed E-state index contributed by atoms with van der Waals surface area (Å²) in [7, 11) is 0. The van der Waals surface area contributed by atoms with Crippen LogP contribution in [-0.4, -0.2) is 37.2 Å². The number of allylic oxidation sites excluding steroid dienone is 4. The highest BCUT2D eigenvalue weighted by Gasteiger charge is 2.19. The van der Waals surface area contributed by atoms with Gasteiger partial charge in [-0.3, -0.25) is 14.4 Å². The highest BCUT2D eigenvalue weighted by Crippen LogP contribution is 2.14. The molecule has 0 amide bonds. The molecule has 52 heavy (non-hydrogen) atoms. The smallest absolute Gasteiger partial charge is 0.306 e. The number of unbranched alkanes of at least 4 members (excludes halogenated alkanes) is 25. The maximum absolute atomic E-state index is 12.6. The van der Waals surface area contributed by atoms with Crippen LogP contribution < -0.4 is 0 Å². The van der Waals surface area contributed by atoms with Gasteiger partial charge in [-0.1, -0.05) is 173 Å². The lowest BCUT2D eigenvalue weighted by Crippen LogP contribution is -2.30. The van der Waals surface area contributed by atoms with Crippen molar-refractivity contribution in [2.24, 2.45) is 0 Å². The number of hydrogen-bond acceptors (Lipinski definition) is 6. The molecule has 0 saturated carbocycles. The monoisotopic (exact) mass is 733 g/mol. The lowest BCUT2D eigenvalue weighted by molar-refractivity contribution is -0.167. The van der Waals surface area contributed by atoms with Gasteiger partial charge in [0.25, 0.3) is 0 Å². The van der Waals surface area contributed by atoms with Crippen LogP contribution in [0.3, 0.4) is 0 Å². The number of rotatable bonds is 40. The van der Waals surface area contributed by atoms with Gasteiger partial charge in [0.1, 0.15) is 13.2 Å². The van der Waals surface area contributed by atoms with Gasteiger partial charge in [0.05, 0.1) is 0 Å². The second kappa shape index (κ2) is 41.6. The third kappa shape index (κ3) is 39.1. The van der Waals surface area contributed by atoms with Crippen LogP contribution in [0.2, 0.25) is 0 Å². The van der Waals surface area contributed by atoms with Crippen molar-refractivity contribution in [1.82, 2.24) is 0 Å². The Balaban J connectivity index is 4.37. The summed E-state index contributed by atoms with van der Waals surface area (Å²) in [5, 5.41) is 0. The van der Waals surface area contributed by atoms with Crippen molar-refractivity contribution in [3.05, 3.63) is 24.3 Å². The molecule has 0 aromatic heterocycles. The van der Waals surface area contributed by atoms with E-state index in [0.717, 1.165) is 89.9 Å². The maximum atomic E-state index is 12.6. The lowest BCUT2D eigenvalue weighted by atomic mass is 10.1. The van der Waals surface area contributed by atoms with E-state index in [9.17, 15) is 14.4 Å². The van der Waals surface area contributed by atoms with Crippen molar-refractivity contribution in [2.45, 2.75) is 239 Å². The average Bonchev–Trinajstić information content (AvgIpc) is 3.14. The molecule has 0 radical (unpaired) electrons. The Morgan fingerprint density at radius 2 is 0.654 bits per heavy atom. The summed E-state index contributed by atoms with van der Waals surface area (Å²) in [6.07, 6.45) is 44.5. The molecule has 0 spiro atoms. The molecule has 0 rings (SSSR count). The van der Waals surface area contributed by atoms with Crippen molar-refractivity contribution in [3.63, 3.8) is 0 Å². The Bertz CT molecular complexity index is 850. The van der Waals surface area contributed by atoms with Gasteiger partial charge in [-0.2, -0.15) is 0 Å². The predicted octanol–water partition coefficient (Wildman–Crippen LogP) is 14.0. The lowest BCUT2D eigenvalue weighted by Gasteiger charge is -2.18. The van der Waals surface area contributed by atoms with Crippen LogP contribution in [0.15, 0.2) is 24.3 Å². The number of carbonyl (C=O) groups is 3. The Morgan fingerprint density at radius 3 is 1.04 bits per heavy atom. The minimum absolute atomic E-state index is 0.0782. The first-order chi connectivity index (χ1) is 25.5. The van der Waals surface area contributed by atoms with E-state index in [-0.39, 0.29) is 31.1 Å². The van der Waals surface area contributed by atoms with Crippen LogP contribution in [0.1, 0.15) is 233 Å². The van der Waals surface area contributed by atoms with Crippen molar-refractivity contribution >= 4 is 17.9 Å². The summed E-state index contributed by atoms with van der Waals surface area (Å²) in [5.74, 6) is -0.908. The van der Waals surface area contributed by atoms with Crippen LogP contribution >= 0.6 is 0 Å². The van der Waals surface area contributed by atoms with E-state index in [2.05, 4.69) is 45.1 Å². The minimum atomic E-state index is -0.775. The normalized spacial score (nSPS) is 12.1. The fraction of sp³-hybridized carbons (Fsp3) is 0.848. The molecule has 0 aliphatic heterocycles. The molecule has 304 valence electrons. The van der Waals surface area contributed by atoms with E-state index in [1.54, 1.807) is 0 Å². The average molecular weight is 733 g/mol. The van der Waals surface area contributed by atoms with Gasteiger partial charge in [-0.05, 0) is 64.2 Å². The Hall–Kier alpha value is -2.11. The van der Waals surface area contributed by atoms with Gasteiger partial charge < -0.3 is 14.2 Å². The largest absolute Gasteiger partial charge is 0.462 e. The molecule has 0 heterocycles. The zero-order chi connectivity index (χ0) is 38.0. The van der Waals surface area contributed by atoms with Gasteiger partial charge >= 0.3 is 17.9 Å². The fourth-order valence-electron chi connectivity index (χ4n) is 6.24. The van der Waals surface area contributed by atoms with Crippen LogP contribution in [-0.2, 0) is 28.6 Å². The van der Waals surface area contributed by atoms with Crippen molar-refractivity contribution in [3.8, 4) is 0 Å². The van der Waals surface area contributed by atoms with E-state index in [0.29, 0.717) is 19.3 Å². The summed E-state index contributed by atoms with van der Waals surface area (Å²) < 4.78 is 16.6. The summed E-state index contributed by atoms with van der Waals surface area (Å²) >= 11 is 0.